The van der Waals surface area contributed by atoms with Crippen LogP contribution in [-0.2, 0) is 9.59 Å². The molecule has 0 aliphatic rings. The van der Waals surface area contributed by atoms with Crippen molar-refractivity contribution in [1.82, 2.24) is 0 Å². The minimum atomic E-state index is -0.300. The molecule has 2 N–H and O–H groups in total. The first kappa shape index (κ1) is 10.1. The van der Waals surface area contributed by atoms with Gasteiger partial charge in [-0.05, 0) is 19.3 Å². The first-order valence-electron chi connectivity index (χ1n) is 3.86. The van der Waals surface area contributed by atoms with E-state index in [-0.39, 0.29) is 11.8 Å². The Labute approximate surface area is 67.0 Å². The summed E-state index contributed by atoms with van der Waals surface area (Å²) in [4.78, 5) is 20.5. The van der Waals surface area contributed by atoms with Crippen LogP contribution >= 0.6 is 0 Å². The molecule has 0 saturated carbocycles. The molecule has 11 heavy (non-hydrogen) atoms. The zero-order chi connectivity index (χ0) is 8.69. The number of carbonyl (C=O) groups is 1. The molecule has 0 aromatic heterocycles. The number of rotatable bonds is 6. The molecule has 3 heteroatoms. The van der Waals surface area contributed by atoms with Gasteiger partial charge in [-0.25, -0.2) is 0 Å². The monoisotopic (exact) mass is 156 g/mol. The van der Waals surface area contributed by atoms with E-state index in [9.17, 15) is 9.59 Å². The maximum atomic E-state index is 10.3. The Balaban J connectivity index is 3.35. The van der Waals surface area contributed by atoms with Gasteiger partial charge in [0.1, 0.15) is 0 Å². The molecule has 0 aromatic rings. The standard InChI is InChI=1S/C8H14NO2/c1-2-7(6-10)4-3-5-8(9)11/h7H,2-5H2,1H3,(H2,9,11). The van der Waals surface area contributed by atoms with E-state index in [4.69, 9.17) is 5.73 Å². The Hall–Kier alpha value is -0.860. The number of primary amides is 1. The van der Waals surface area contributed by atoms with Gasteiger partial charge in [0.2, 0.25) is 12.2 Å². The minimum Gasteiger partial charge on any atom is -0.370 e. The molecule has 0 fully saturated rings. The van der Waals surface area contributed by atoms with E-state index >= 15 is 0 Å². The van der Waals surface area contributed by atoms with E-state index in [2.05, 4.69) is 0 Å². The molecule has 0 bridgehead atoms. The average molecular weight is 156 g/mol. The summed E-state index contributed by atoms with van der Waals surface area (Å²) in [6.45, 7) is 1.93. The fourth-order valence-corrected chi connectivity index (χ4v) is 0.869. The van der Waals surface area contributed by atoms with Gasteiger partial charge in [-0.15, -0.1) is 0 Å². The van der Waals surface area contributed by atoms with Gasteiger partial charge in [0.05, 0.1) is 0 Å². The van der Waals surface area contributed by atoms with E-state index in [1.807, 2.05) is 13.2 Å². The third-order valence-corrected chi connectivity index (χ3v) is 1.64. The highest BCUT2D eigenvalue weighted by Gasteiger charge is 2.05. The van der Waals surface area contributed by atoms with Gasteiger partial charge in [0.25, 0.3) is 0 Å². The average Bonchev–Trinajstić information content (AvgIpc) is 1.98. The van der Waals surface area contributed by atoms with E-state index < -0.39 is 0 Å². The maximum absolute atomic E-state index is 10.3. The Morgan fingerprint density at radius 1 is 1.64 bits per heavy atom. The summed E-state index contributed by atoms with van der Waals surface area (Å²) < 4.78 is 0. The number of hydrogen-bond acceptors (Lipinski definition) is 2. The molecule has 1 atom stereocenters. The van der Waals surface area contributed by atoms with Gasteiger partial charge in [-0.2, -0.15) is 0 Å². The summed E-state index contributed by atoms with van der Waals surface area (Å²) in [5.41, 5.74) is 4.92. The smallest absolute Gasteiger partial charge is 0.217 e. The molecule has 0 rings (SSSR count). The summed E-state index contributed by atoms with van der Waals surface area (Å²) in [5, 5.41) is 0. The van der Waals surface area contributed by atoms with E-state index in [1.165, 1.54) is 0 Å². The lowest BCUT2D eigenvalue weighted by Gasteiger charge is -2.03. The molecule has 0 heterocycles. The van der Waals surface area contributed by atoms with Crippen molar-refractivity contribution in [3.05, 3.63) is 0 Å². The van der Waals surface area contributed by atoms with Crippen molar-refractivity contribution in [2.45, 2.75) is 32.6 Å². The fraction of sp³-hybridized carbons (Fsp3) is 0.750. The summed E-state index contributed by atoms with van der Waals surface area (Å²) in [7, 11) is 0. The number of amides is 1. The number of hydrogen-bond donors (Lipinski definition) is 1. The molecule has 0 aromatic carbocycles. The van der Waals surface area contributed by atoms with E-state index in [1.54, 1.807) is 0 Å². The zero-order valence-electron chi connectivity index (χ0n) is 6.80. The van der Waals surface area contributed by atoms with Gasteiger partial charge < -0.3 is 5.73 Å². The van der Waals surface area contributed by atoms with Crippen LogP contribution in [0.5, 0.6) is 0 Å². The first-order valence-corrected chi connectivity index (χ1v) is 3.86. The molecule has 1 unspecified atom stereocenters. The second-order valence-electron chi connectivity index (χ2n) is 2.58. The lowest BCUT2D eigenvalue weighted by Crippen LogP contribution is -2.11. The summed E-state index contributed by atoms with van der Waals surface area (Å²) in [6, 6.07) is 0. The van der Waals surface area contributed by atoms with Crippen LogP contribution in [0.15, 0.2) is 0 Å². The zero-order valence-corrected chi connectivity index (χ0v) is 6.80. The Morgan fingerprint density at radius 2 is 2.27 bits per heavy atom. The molecular weight excluding hydrogens is 142 g/mol. The molecule has 0 saturated heterocycles. The molecule has 0 aliphatic heterocycles. The third-order valence-electron chi connectivity index (χ3n) is 1.64. The summed E-state index contributed by atoms with van der Waals surface area (Å²) >= 11 is 0. The van der Waals surface area contributed by atoms with E-state index in [0.29, 0.717) is 12.8 Å². The minimum absolute atomic E-state index is 0.0191. The molecule has 63 valence electrons. The topological polar surface area (TPSA) is 60.2 Å². The SMILES string of the molecule is CCC([C]=O)CCCC(N)=O. The van der Waals surface area contributed by atoms with Crippen molar-refractivity contribution < 1.29 is 9.59 Å². The molecule has 0 spiro atoms. The van der Waals surface area contributed by atoms with Crippen molar-refractivity contribution in [1.29, 1.82) is 0 Å². The van der Waals surface area contributed by atoms with Gasteiger partial charge in [-0.1, -0.05) is 6.92 Å². The predicted molar refractivity (Wildman–Crippen MR) is 42.5 cm³/mol. The molecule has 3 nitrogen and oxygen atoms in total. The molecule has 1 radical (unpaired) electrons. The Bertz CT molecular complexity index is 134. The predicted octanol–water partition coefficient (Wildman–Crippen LogP) is 0.778. The van der Waals surface area contributed by atoms with Crippen molar-refractivity contribution >= 4 is 12.2 Å². The van der Waals surface area contributed by atoms with Crippen molar-refractivity contribution in [3.63, 3.8) is 0 Å². The van der Waals surface area contributed by atoms with Crippen molar-refractivity contribution in [2.75, 3.05) is 0 Å². The highest BCUT2D eigenvalue weighted by molar-refractivity contribution is 5.73. The summed E-state index contributed by atoms with van der Waals surface area (Å²) in [6.07, 6.45) is 4.51. The lowest BCUT2D eigenvalue weighted by molar-refractivity contribution is -0.118. The lowest BCUT2D eigenvalue weighted by atomic mass is 10.0. The molecule has 0 aliphatic carbocycles. The number of nitrogens with two attached hydrogens (primary N) is 1. The van der Waals surface area contributed by atoms with Crippen LogP contribution in [0, 0.1) is 5.92 Å². The second kappa shape index (κ2) is 5.89. The number of carbonyl (C=O) groups excluding carboxylic acids is 2. The largest absolute Gasteiger partial charge is 0.370 e. The quantitative estimate of drug-likeness (QED) is 0.617. The van der Waals surface area contributed by atoms with E-state index in [0.717, 1.165) is 12.8 Å². The Kier molecular flexibility index (Phi) is 5.43. The molecular formula is C8H14NO2. The molecule has 1 amide bonds. The van der Waals surface area contributed by atoms with Crippen LogP contribution in [0.25, 0.3) is 0 Å². The van der Waals surface area contributed by atoms with Crippen LogP contribution in [0.4, 0.5) is 0 Å². The van der Waals surface area contributed by atoms with Crippen LogP contribution in [0.1, 0.15) is 32.6 Å². The van der Waals surface area contributed by atoms with Crippen LogP contribution in [0.2, 0.25) is 0 Å². The first-order chi connectivity index (χ1) is 5.20. The van der Waals surface area contributed by atoms with Crippen molar-refractivity contribution in [3.8, 4) is 0 Å². The van der Waals surface area contributed by atoms with Gasteiger partial charge in [0, 0.05) is 12.3 Å². The normalized spacial score (nSPS) is 12.5. The van der Waals surface area contributed by atoms with Crippen LogP contribution in [-0.4, -0.2) is 12.2 Å². The van der Waals surface area contributed by atoms with Gasteiger partial charge in [-0.3, -0.25) is 9.59 Å². The summed E-state index contributed by atoms with van der Waals surface area (Å²) in [5.74, 6) is -0.319. The van der Waals surface area contributed by atoms with Gasteiger partial charge in [0.15, 0.2) is 0 Å². The Morgan fingerprint density at radius 3 is 2.64 bits per heavy atom. The van der Waals surface area contributed by atoms with Crippen LogP contribution < -0.4 is 5.73 Å². The highest BCUT2D eigenvalue weighted by Crippen LogP contribution is 2.08. The van der Waals surface area contributed by atoms with Gasteiger partial charge >= 0.3 is 0 Å². The third kappa shape index (κ3) is 5.58. The fourth-order valence-electron chi connectivity index (χ4n) is 0.869. The van der Waals surface area contributed by atoms with Crippen molar-refractivity contribution in [2.24, 2.45) is 11.7 Å². The second-order valence-corrected chi connectivity index (χ2v) is 2.58. The maximum Gasteiger partial charge on any atom is 0.217 e. The van der Waals surface area contributed by atoms with Crippen LogP contribution in [0.3, 0.4) is 0 Å². The highest BCUT2D eigenvalue weighted by atomic mass is 16.1.